The van der Waals surface area contributed by atoms with Crippen molar-refractivity contribution in [2.75, 3.05) is 65.9 Å². The lowest BCUT2D eigenvalue weighted by Gasteiger charge is -2.19. The van der Waals surface area contributed by atoms with Crippen LogP contribution in [0.2, 0.25) is 0 Å². The maximum absolute atomic E-state index is 13.2. The molecule has 4 aromatic rings. The van der Waals surface area contributed by atoms with E-state index >= 15 is 0 Å². The van der Waals surface area contributed by atoms with Gasteiger partial charge in [0.15, 0.2) is 5.78 Å². The molecular formula is C50H58N6O11. The van der Waals surface area contributed by atoms with E-state index in [4.69, 9.17) is 18.9 Å². The molecule has 17 heteroatoms. The lowest BCUT2D eigenvalue weighted by atomic mass is 9.98. The van der Waals surface area contributed by atoms with Gasteiger partial charge in [-0.25, -0.2) is 4.79 Å². The highest BCUT2D eigenvalue weighted by molar-refractivity contribution is 5.93. The Hall–Kier alpha value is -6.95. The molecule has 6 rings (SSSR count). The van der Waals surface area contributed by atoms with E-state index in [1.165, 1.54) is 0 Å². The number of hydrogen-bond acceptors (Lipinski definition) is 11. The van der Waals surface area contributed by atoms with Crippen molar-refractivity contribution in [3.8, 4) is 11.1 Å². The van der Waals surface area contributed by atoms with Gasteiger partial charge in [-0.05, 0) is 52.6 Å². The molecule has 17 nitrogen and oxygen atoms in total. The Morgan fingerprint density at radius 2 is 1.13 bits per heavy atom. The molecule has 2 aliphatic rings. The van der Waals surface area contributed by atoms with Crippen LogP contribution in [0.4, 0.5) is 4.79 Å². The first kappa shape index (κ1) is 49.5. The Bertz CT molecular complexity index is 2260. The summed E-state index contributed by atoms with van der Waals surface area (Å²) >= 11 is 0. The van der Waals surface area contributed by atoms with Gasteiger partial charge in [0.25, 0.3) is 0 Å². The third-order valence-corrected chi connectivity index (χ3v) is 11.3. The van der Waals surface area contributed by atoms with Crippen molar-refractivity contribution in [1.29, 1.82) is 0 Å². The third-order valence-electron chi connectivity index (χ3n) is 11.3. The number of hydrogen-bond donors (Lipinski definition) is 6. The lowest BCUT2D eigenvalue weighted by Crippen LogP contribution is -2.52. The molecule has 0 aromatic heterocycles. The fourth-order valence-corrected chi connectivity index (χ4v) is 7.53. The molecule has 1 saturated carbocycles. The van der Waals surface area contributed by atoms with Gasteiger partial charge in [-0.2, -0.15) is 0 Å². The summed E-state index contributed by atoms with van der Waals surface area (Å²) in [5, 5.41) is 15.3. The Kier molecular flexibility index (Phi) is 19.0. The number of fused-ring (bicyclic) bond motifs is 3. The van der Waals surface area contributed by atoms with Crippen molar-refractivity contribution in [1.82, 2.24) is 31.9 Å². The monoisotopic (exact) mass is 918 g/mol. The smallest absolute Gasteiger partial charge is 0.407 e. The molecule has 0 bridgehead atoms. The Morgan fingerprint density at radius 3 is 1.81 bits per heavy atom. The molecule has 6 amide bonds. The second-order valence-corrected chi connectivity index (χ2v) is 16.1. The summed E-state index contributed by atoms with van der Waals surface area (Å²) in [6.45, 7) is -0.246. The number of benzene rings is 4. The summed E-state index contributed by atoms with van der Waals surface area (Å²) in [7, 11) is 0. The molecule has 1 fully saturated rings. The van der Waals surface area contributed by atoms with Crippen LogP contribution in [0, 0.1) is 0 Å². The summed E-state index contributed by atoms with van der Waals surface area (Å²) in [4.78, 5) is 88.4. The number of aryl methyl sites for hydroxylation is 1. The van der Waals surface area contributed by atoms with Crippen molar-refractivity contribution in [2.24, 2.45) is 0 Å². The van der Waals surface area contributed by atoms with Gasteiger partial charge in [0.1, 0.15) is 25.0 Å². The van der Waals surface area contributed by atoms with Gasteiger partial charge in [-0.1, -0.05) is 109 Å². The zero-order chi connectivity index (χ0) is 47.3. The third kappa shape index (κ3) is 15.9. The van der Waals surface area contributed by atoms with E-state index in [2.05, 4.69) is 56.2 Å². The van der Waals surface area contributed by atoms with Gasteiger partial charge in [-0.3, -0.25) is 28.8 Å². The number of rotatable bonds is 28. The van der Waals surface area contributed by atoms with Gasteiger partial charge in [-0.15, -0.1) is 0 Å². The van der Waals surface area contributed by atoms with E-state index in [9.17, 15) is 33.6 Å². The maximum atomic E-state index is 13.2. The molecule has 0 spiro atoms. The molecule has 1 atom stereocenters. The number of carbonyl (C=O) groups is 7. The molecule has 0 aliphatic heterocycles. The number of ether oxygens (including phenoxy) is 4. The quantitative estimate of drug-likeness (QED) is 0.0359. The van der Waals surface area contributed by atoms with Crippen LogP contribution in [0.15, 0.2) is 109 Å². The topological polar surface area (TPSA) is 229 Å². The fraction of sp³-hybridized carbons (Fsp3) is 0.380. The number of amides is 6. The predicted octanol–water partition coefficient (Wildman–Crippen LogP) is 2.85. The van der Waals surface area contributed by atoms with Crippen LogP contribution in [0.5, 0.6) is 0 Å². The van der Waals surface area contributed by atoms with Gasteiger partial charge in [0, 0.05) is 31.7 Å². The van der Waals surface area contributed by atoms with Crippen LogP contribution in [0.1, 0.15) is 53.9 Å². The van der Waals surface area contributed by atoms with Gasteiger partial charge < -0.3 is 50.8 Å². The molecule has 0 unspecified atom stereocenters. The standard InChI is InChI=1S/C50H58N6O11/c57-43(20-19-35-11-3-1-4-12-35)50(22-23-50)67-34-55-46(60)31-54-48(62)42(29-36-13-5-2-6-14-36)56-47(61)32-53-45(59)30-52-44(58)21-25-64-27-28-65-26-24-51-49(63)66-33-41-39-17-9-7-15-37(39)38-16-8-10-18-40(38)41/h1-18,41-42H,19-34H2,(H,51,63)(H,52,58)(H,53,59)(H,54,62)(H,55,60)(H,56,61)/t42-/m0/s1. The summed E-state index contributed by atoms with van der Waals surface area (Å²) in [5.41, 5.74) is 5.48. The number of carbonyl (C=O) groups excluding carboxylic acids is 7. The summed E-state index contributed by atoms with van der Waals surface area (Å²) < 4.78 is 22.2. The summed E-state index contributed by atoms with van der Waals surface area (Å²) in [6, 6.07) is 33.8. The van der Waals surface area contributed by atoms with Crippen molar-refractivity contribution in [2.45, 2.75) is 56.1 Å². The molecule has 354 valence electrons. The molecular weight excluding hydrogens is 861 g/mol. The zero-order valence-corrected chi connectivity index (χ0v) is 37.4. The average Bonchev–Trinajstić information content (AvgIpc) is 4.07. The van der Waals surface area contributed by atoms with Crippen molar-refractivity contribution < 1.29 is 52.5 Å². The Labute approximate surface area is 389 Å². The van der Waals surface area contributed by atoms with E-state index in [-0.39, 0.29) is 77.4 Å². The summed E-state index contributed by atoms with van der Waals surface area (Å²) in [6.07, 6.45) is 1.64. The zero-order valence-electron chi connectivity index (χ0n) is 37.4. The maximum Gasteiger partial charge on any atom is 0.407 e. The highest BCUT2D eigenvalue weighted by Gasteiger charge is 2.50. The van der Waals surface area contributed by atoms with Crippen LogP contribution in [-0.4, -0.2) is 119 Å². The Balaban J connectivity index is 0.782. The second kappa shape index (κ2) is 25.7. The Morgan fingerprint density at radius 1 is 0.567 bits per heavy atom. The minimum absolute atomic E-state index is 0.0161. The largest absolute Gasteiger partial charge is 0.449 e. The second-order valence-electron chi connectivity index (χ2n) is 16.1. The summed E-state index contributed by atoms with van der Waals surface area (Å²) in [5.74, 6) is -2.95. The van der Waals surface area contributed by atoms with Crippen molar-refractivity contribution in [3.05, 3.63) is 131 Å². The van der Waals surface area contributed by atoms with Gasteiger partial charge in [0.05, 0.1) is 46.1 Å². The van der Waals surface area contributed by atoms with E-state index in [1.54, 1.807) is 24.3 Å². The molecule has 2 aliphatic carbocycles. The molecule has 4 aromatic carbocycles. The highest BCUT2D eigenvalue weighted by Crippen LogP contribution is 2.44. The number of Topliss-reactive ketones (excluding diaryl/α,β-unsaturated/α-hetero) is 1. The van der Waals surface area contributed by atoms with Crippen LogP contribution >= 0.6 is 0 Å². The first-order chi connectivity index (χ1) is 32.6. The lowest BCUT2D eigenvalue weighted by molar-refractivity contribution is -0.137. The van der Waals surface area contributed by atoms with E-state index in [0.29, 0.717) is 25.7 Å². The van der Waals surface area contributed by atoms with Gasteiger partial charge in [0.2, 0.25) is 29.5 Å². The fourth-order valence-electron chi connectivity index (χ4n) is 7.53. The number of alkyl carbamates (subject to hydrolysis) is 1. The number of nitrogens with one attached hydrogen (secondary N) is 6. The number of ketones is 1. The van der Waals surface area contributed by atoms with Crippen molar-refractivity contribution in [3.63, 3.8) is 0 Å². The van der Waals surface area contributed by atoms with Crippen LogP contribution in [0.3, 0.4) is 0 Å². The van der Waals surface area contributed by atoms with Crippen LogP contribution in [0.25, 0.3) is 11.1 Å². The first-order valence-corrected chi connectivity index (χ1v) is 22.5. The molecule has 0 saturated heterocycles. The van der Waals surface area contributed by atoms with E-state index < -0.39 is 60.4 Å². The van der Waals surface area contributed by atoms with Gasteiger partial charge >= 0.3 is 6.09 Å². The van der Waals surface area contributed by atoms with Crippen molar-refractivity contribution >= 4 is 41.4 Å². The molecule has 67 heavy (non-hydrogen) atoms. The molecule has 0 radical (unpaired) electrons. The molecule has 0 heterocycles. The molecule has 6 N–H and O–H groups in total. The highest BCUT2D eigenvalue weighted by atomic mass is 16.6. The normalized spacial score (nSPS) is 13.5. The van der Waals surface area contributed by atoms with E-state index in [1.807, 2.05) is 60.7 Å². The van der Waals surface area contributed by atoms with Crippen LogP contribution in [-0.2, 0) is 60.6 Å². The first-order valence-electron chi connectivity index (χ1n) is 22.5. The minimum Gasteiger partial charge on any atom is -0.449 e. The average molecular weight is 919 g/mol. The predicted molar refractivity (Wildman–Crippen MR) is 246 cm³/mol. The van der Waals surface area contributed by atoms with E-state index in [0.717, 1.165) is 33.4 Å². The SMILES string of the molecule is O=C(CCOCCOCCNC(=O)OCC1c2ccccc2-c2ccccc21)NCC(=O)NCC(=O)N[C@@H](Cc1ccccc1)C(=O)NCC(=O)NCOC1(C(=O)CCc2ccccc2)CC1. The minimum atomic E-state index is -1.08. The van der Waals surface area contributed by atoms with Crippen LogP contribution < -0.4 is 31.9 Å².